The van der Waals surface area contributed by atoms with Gasteiger partial charge in [0.25, 0.3) is 0 Å². The van der Waals surface area contributed by atoms with Crippen LogP contribution in [0.2, 0.25) is 5.02 Å². The van der Waals surface area contributed by atoms with Gasteiger partial charge in [0.15, 0.2) is 0 Å². The van der Waals surface area contributed by atoms with E-state index in [1.54, 1.807) is 0 Å². The van der Waals surface area contributed by atoms with Crippen LogP contribution in [0.4, 0.5) is 0 Å². The Morgan fingerprint density at radius 2 is 2.25 bits per heavy atom. The summed E-state index contributed by atoms with van der Waals surface area (Å²) < 4.78 is 5.97. The second-order valence-electron chi connectivity index (χ2n) is 5.51. The molecule has 20 heavy (non-hydrogen) atoms. The Labute approximate surface area is 127 Å². The molecule has 1 heterocycles. The Bertz CT molecular complexity index is 425. The van der Waals surface area contributed by atoms with Gasteiger partial charge in [-0.25, -0.2) is 0 Å². The van der Waals surface area contributed by atoms with Gasteiger partial charge in [-0.3, -0.25) is 0 Å². The van der Waals surface area contributed by atoms with Crippen LogP contribution in [0.3, 0.4) is 0 Å². The van der Waals surface area contributed by atoms with Crippen molar-refractivity contribution in [1.82, 2.24) is 10.2 Å². The predicted molar refractivity (Wildman–Crippen MR) is 84.6 cm³/mol. The van der Waals surface area contributed by atoms with Gasteiger partial charge in [-0.2, -0.15) is 0 Å². The van der Waals surface area contributed by atoms with Crippen LogP contribution in [0.5, 0.6) is 5.75 Å². The van der Waals surface area contributed by atoms with Gasteiger partial charge in [-0.15, -0.1) is 0 Å². The van der Waals surface area contributed by atoms with Crippen molar-refractivity contribution in [2.45, 2.75) is 38.3 Å². The Balaban J connectivity index is 1.88. The number of nitrogens with one attached hydrogen (secondary N) is 1. The van der Waals surface area contributed by atoms with Crippen molar-refractivity contribution in [2.24, 2.45) is 0 Å². The Hall–Kier alpha value is -0.770. The molecule has 1 fully saturated rings. The van der Waals surface area contributed by atoms with Crippen LogP contribution in [-0.2, 0) is 6.54 Å². The SMILES string of the molecule is CNCc1c(Cl)cccc1OCCC1CCCCN1C. The summed E-state index contributed by atoms with van der Waals surface area (Å²) in [4.78, 5) is 2.46. The third-order valence-electron chi connectivity index (χ3n) is 4.06. The molecule has 1 atom stereocenters. The van der Waals surface area contributed by atoms with E-state index in [1.807, 2.05) is 25.2 Å². The zero-order chi connectivity index (χ0) is 14.4. The van der Waals surface area contributed by atoms with Gasteiger partial charge < -0.3 is 15.0 Å². The molecule has 0 radical (unpaired) electrons. The molecule has 0 saturated carbocycles. The first-order valence-electron chi connectivity index (χ1n) is 7.47. The normalized spacial score (nSPS) is 20.1. The van der Waals surface area contributed by atoms with E-state index in [1.165, 1.54) is 25.8 Å². The van der Waals surface area contributed by atoms with Crippen molar-refractivity contribution >= 4 is 11.6 Å². The van der Waals surface area contributed by atoms with Crippen LogP contribution in [0, 0.1) is 0 Å². The van der Waals surface area contributed by atoms with E-state index in [9.17, 15) is 0 Å². The summed E-state index contributed by atoms with van der Waals surface area (Å²) in [5.74, 6) is 0.908. The maximum absolute atomic E-state index is 6.23. The van der Waals surface area contributed by atoms with E-state index in [4.69, 9.17) is 16.3 Å². The zero-order valence-corrected chi connectivity index (χ0v) is 13.2. The van der Waals surface area contributed by atoms with Gasteiger partial charge in [0.1, 0.15) is 5.75 Å². The lowest BCUT2D eigenvalue weighted by Crippen LogP contribution is -2.37. The maximum Gasteiger partial charge on any atom is 0.125 e. The van der Waals surface area contributed by atoms with E-state index in [2.05, 4.69) is 17.3 Å². The fraction of sp³-hybridized carbons (Fsp3) is 0.625. The summed E-state index contributed by atoms with van der Waals surface area (Å²) in [6, 6.07) is 6.53. The third kappa shape index (κ3) is 4.11. The molecular formula is C16H25ClN2O. The number of rotatable bonds is 6. The second kappa shape index (κ2) is 7.87. The Morgan fingerprint density at radius 1 is 1.40 bits per heavy atom. The van der Waals surface area contributed by atoms with Crippen LogP contribution < -0.4 is 10.1 Å². The molecule has 0 bridgehead atoms. The molecule has 1 aliphatic heterocycles. The van der Waals surface area contributed by atoms with Gasteiger partial charge in [-0.05, 0) is 52.0 Å². The summed E-state index contributed by atoms with van der Waals surface area (Å²) in [5, 5.41) is 3.91. The molecule has 3 nitrogen and oxygen atoms in total. The lowest BCUT2D eigenvalue weighted by molar-refractivity contribution is 0.153. The topological polar surface area (TPSA) is 24.5 Å². The van der Waals surface area contributed by atoms with Gasteiger partial charge >= 0.3 is 0 Å². The van der Waals surface area contributed by atoms with Crippen LogP contribution >= 0.6 is 11.6 Å². The van der Waals surface area contributed by atoms with E-state index in [0.717, 1.165) is 35.9 Å². The van der Waals surface area contributed by atoms with Crippen LogP contribution in [0.1, 0.15) is 31.2 Å². The average Bonchev–Trinajstić information content (AvgIpc) is 2.44. The van der Waals surface area contributed by atoms with Gasteiger partial charge in [0.05, 0.1) is 6.61 Å². The van der Waals surface area contributed by atoms with Crippen molar-refractivity contribution in [3.8, 4) is 5.75 Å². The quantitative estimate of drug-likeness (QED) is 0.871. The largest absolute Gasteiger partial charge is 0.493 e. The highest BCUT2D eigenvalue weighted by molar-refractivity contribution is 6.31. The molecule has 2 rings (SSSR count). The molecule has 1 unspecified atom stereocenters. The van der Waals surface area contributed by atoms with Crippen molar-refractivity contribution in [2.75, 3.05) is 27.2 Å². The number of hydrogen-bond acceptors (Lipinski definition) is 3. The summed E-state index contributed by atoms with van der Waals surface area (Å²) in [6.07, 6.45) is 5.05. The summed E-state index contributed by atoms with van der Waals surface area (Å²) in [5.41, 5.74) is 1.05. The van der Waals surface area contributed by atoms with Crippen LogP contribution in [0.25, 0.3) is 0 Å². The highest BCUT2D eigenvalue weighted by Crippen LogP contribution is 2.27. The summed E-state index contributed by atoms with van der Waals surface area (Å²) >= 11 is 6.23. The average molecular weight is 297 g/mol. The lowest BCUT2D eigenvalue weighted by Gasteiger charge is -2.32. The first-order valence-corrected chi connectivity index (χ1v) is 7.85. The molecule has 0 amide bonds. The minimum Gasteiger partial charge on any atom is -0.493 e. The molecule has 0 spiro atoms. The minimum atomic E-state index is 0.663. The third-order valence-corrected chi connectivity index (χ3v) is 4.41. The summed E-state index contributed by atoms with van der Waals surface area (Å²) in [7, 11) is 4.14. The molecule has 112 valence electrons. The number of benzene rings is 1. The smallest absolute Gasteiger partial charge is 0.125 e. The summed E-state index contributed by atoms with van der Waals surface area (Å²) in [6.45, 7) is 2.71. The monoisotopic (exact) mass is 296 g/mol. The fourth-order valence-corrected chi connectivity index (χ4v) is 3.07. The van der Waals surface area contributed by atoms with E-state index >= 15 is 0 Å². The van der Waals surface area contributed by atoms with Gasteiger partial charge in [-0.1, -0.05) is 24.1 Å². The second-order valence-corrected chi connectivity index (χ2v) is 5.92. The highest BCUT2D eigenvalue weighted by Gasteiger charge is 2.18. The van der Waals surface area contributed by atoms with Crippen LogP contribution in [0.15, 0.2) is 18.2 Å². The molecule has 1 aromatic rings. The fourth-order valence-electron chi connectivity index (χ4n) is 2.84. The maximum atomic E-state index is 6.23. The van der Waals surface area contributed by atoms with Gasteiger partial charge in [0, 0.05) is 23.2 Å². The number of piperidine rings is 1. The van der Waals surface area contributed by atoms with Crippen molar-refractivity contribution in [3.05, 3.63) is 28.8 Å². The standard InChI is InChI=1S/C16H25ClN2O/c1-18-12-14-15(17)7-5-8-16(14)20-11-9-13-6-3-4-10-19(13)2/h5,7-8,13,18H,3-4,6,9-12H2,1-2H3. The molecule has 1 saturated heterocycles. The van der Waals surface area contributed by atoms with E-state index in [0.29, 0.717) is 6.04 Å². The van der Waals surface area contributed by atoms with E-state index in [-0.39, 0.29) is 0 Å². The predicted octanol–water partition coefficient (Wildman–Crippen LogP) is 3.31. The van der Waals surface area contributed by atoms with Gasteiger partial charge in [0.2, 0.25) is 0 Å². The lowest BCUT2D eigenvalue weighted by atomic mass is 10.0. The molecule has 1 aliphatic rings. The van der Waals surface area contributed by atoms with Crippen molar-refractivity contribution < 1.29 is 4.74 Å². The number of likely N-dealkylation sites (tertiary alicyclic amines) is 1. The first kappa shape index (κ1) is 15.6. The number of hydrogen-bond donors (Lipinski definition) is 1. The first-order chi connectivity index (χ1) is 9.72. The molecule has 1 N–H and O–H groups in total. The number of nitrogens with zero attached hydrogens (tertiary/aromatic N) is 1. The molecule has 1 aromatic carbocycles. The zero-order valence-electron chi connectivity index (χ0n) is 12.5. The highest BCUT2D eigenvalue weighted by atomic mass is 35.5. The number of halogens is 1. The Morgan fingerprint density at radius 3 is 3.00 bits per heavy atom. The van der Waals surface area contributed by atoms with Crippen molar-refractivity contribution in [1.29, 1.82) is 0 Å². The minimum absolute atomic E-state index is 0.663. The molecular weight excluding hydrogens is 272 g/mol. The molecule has 4 heteroatoms. The molecule has 0 aliphatic carbocycles. The Kier molecular flexibility index (Phi) is 6.14. The number of ether oxygens (including phenoxy) is 1. The van der Waals surface area contributed by atoms with Crippen LogP contribution in [-0.4, -0.2) is 38.2 Å². The van der Waals surface area contributed by atoms with E-state index < -0.39 is 0 Å². The van der Waals surface area contributed by atoms with Crippen molar-refractivity contribution in [3.63, 3.8) is 0 Å². The molecule has 0 aromatic heterocycles.